The van der Waals surface area contributed by atoms with Crippen molar-refractivity contribution in [3.05, 3.63) is 42.1 Å². The SMILES string of the molecule is CN[C@@H]1CCCC1C(=O)CNC(=O)c1ccnc2ccccc12. The third-order valence-electron chi connectivity index (χ3n) is 4.62. The zero-order valence-electron chi connectivity index (χ0n) is 13.2. The number of rotatable bonds is 5. The number of hydrogen-bond acceptors (Lipinski definition) is 4. The largest absolute Gasteiger partial charge is 0.345 e. The summed E-state index contributed by atoms with van der Waals surface area (Å²) in [5.74, 6) is -0.112. The van der Waals surface area contributed by atoms with Crippen molar-refractivity contribution < 1.29 is 9.59 Å². The fourth-order valence-electron chi connectivity index (χ4n) is 3.38. The standard InChI is InChI=1S/C18H21N3O2/c1-19-15-8-4-6-14(15)17(22)11-21-18(23)13-9-10-20-16-7-3-2-5-12(13)16/h2-3,5,7,9-10,14-15,19H,4,6,8,11H2,1H3,(H,21,23)/t14?,15-/m1/s1. The third-order valence-corrected chi connectivity index (χ3v) is 4.62. The molecule has 2 atom stereocenters. The summed E-state index contributed by atoms with van der Waals surface area (Å²) < 4.78 is 0. The normalized spacial score (nSPS) is 20.6. The molecule has 0 saturated heterocycles. The average molecular weight is 311 g/mol. The van der Waals surface area contributed by atoms with Crippen LogP contribution >= 0.6 is 0 Å². The Morgan fingerprint density at radius 2 is 2.04 bits per heavy atom. The van der Waals surface area contributed by atoms with Crippen molar-refractivity contribution in [2.24, 2.45) is 5.92 Å². The summed E-state index contributed by atoms with van der Waals surface area (Å²) in [5, 5.41) is 6.76. The van der Waals surface area contributed by atoms with E-state index in [9.17, 15) is 9.59 Å². The van der Waals surface area contributed by atoms with Gasteiger partial charge in [-0.15, -0.1) is 0 Å². The van der Waals surface area contributed by atoms with E-state index in [4.69, 9.17) is 0 Å². The van der Waals surface area contributed by atoms with Crippen molar-refractivity contribution in [3.8, 4) is 0 Å². The molecule has 3 rings (SSSR count). The molecule has 1 fully saturated rings. The molecule has 2 N–H and O–H groups in total. The van der Waals surface area contributed by atoms with Crippen LogP contribution in [0.3, 0.4) is 0 Å². The lowest BCUT2D eigenvalue weighted by Crippen LogP contribution is -2.39. The first-order chi connectivity index (χ1) is 11.2. The van der Waals surface area contributed by atoms with Gasteiger partial charge in [-0.05, 0) is 32.0 Å². The molecule has 0 bridgehead atoms. The van der Waals surface area contributed by atoms with Gasteiger partial charge in [0.25, 0.3) is 5.91 Å². The summed E-state index contributed by atoms with van der Waals surface area (Å²) >= 11 is 0. The van der Waals surface area contributed by atoms with E-state index in [1.807, 2.05) is 31.3 Å². The Morgan fingerprint density at radius 1 is 1.22 bits per heavy atom. The number of carbonyl (C=O) groups is 2. The van der Waals surface area contributed by atoms with Crippen molar-refractivity contribution in [1.82, 2.24) is 15.6 Å². The molecular formula is C18H21N3O2. The van der Waals surface area contributed by atoms with E-state index >= 15 is 0 Å². The lowest BCUT2D eigenvalue weighted by Gasteiger charge is -2.18. The lowest BCUT2D eigenvalue weighted by atomic mass is 9.98. The molecule has 0 radical (unpaired) electrons. The Labute approximate surface area is 135 Å². The molecule has 1 aliphatic carbocycles. The summed E-state index contributed by atoms with van der Waals surface area (Å²) in [6.07, 6.45) is 4.60. The molecular weight excluding hydrogens is 290 g/mol. The van der Waals surface area contributed by atoms with Gasteiger partial charge in [-0.1, -0.05) is 24.6 Å². The van der Waals surface area contributed by atoms with Gasteiger partial charge in [0.2, 0.25) is 0 Å². The van der Waals surface area contributed by atoms with Gasteiger partial charge in [0, 0.05) is 23.5 Å². The van der Waals surface area contributed by atoms with Gasteiger partial charge in [-0.2, -0.15) is 0 Å². The highest BCUT2D eigenvalue weighted by molar-refractivity contribution is 6.07. The van der Waals surface area contributed by atoms with Crippen LogP contribution in [0.1, 0.15) is 29.6 Å². The van der Waals surface area contributed by atoms with Crippen LogP contribution in [0.15, 0.2) is 36.5 Å². The first kappa shape index (κ1) is 15.6. The fourth-order valence-corrected chi connectivity index (χ4v) is 3.38. The lowest BCUT2D eigenvalue weighted by molar-refractivity contribution is -0.122. The fraction of sp³-hybridized carbons (Fsp3) is 0.389. The Bertz CT molecular complexity index is 724. The number of hydrogen-bond donors (Lipinski definition) is 2. The molecule has 1 heterocycles. The highest BCUT2D eigenvalue weighted by atomic mass is 16.2. The second-order valence-electron chi connectivity index (χ2n) is 5.96. The number of fused-ring (bicyclic) bond motifs is 1. The summed E-state index contributed by atoms with van der Waals surface area (Å²) in [6, 6.07) is 9.43. The number of para-hydroxylation sites is 1. The number of benzene rings is 1. The molecule has 1 aromatic heterocycles. The number of carbonyl (C=O) groups excluding carboxylic acids is 2. The predicted molar refractivity (Wildman–Crippen MR) is 89.3 cm³/mol. The molecule has 120 valence electrons. The van der Waals surface area contributed by atoms with Crippen molar-refractivity contribution in [2.45, 2.75) is 25.3 Å². The van der Waals surface area contributed by atoms with Crippen LogP contribution < -0.4 is 10.6 Å². The van der Waals surface area contributed by atoms with E-state index in [2.05, 4.69) is 15.6 Å². The second kappa shape index (κ2) is 6.87. The summed E-state index contributed by atoms with van der Waals surface area (Å²) in [4.78, 5) is 29.0. The topological polar surface area (TPSA) is 71.1 Å². The van der Waals surface area contributed by atoms with Crippen LogP contribution in [-0.4, -0.2) is 36.3 Å². The number of nitrogens with one attached hydrogen (secondary N) is 2. The highest BCUT2D eigenvalue weighted by Gasteiger charge is 2.31. The van der Waals surface area contributed by atoms with Crippen LogP contribution in [0.2, 0.25) is 0 Å². The van der Waals surface area contributed by atoms with Gasteiger partial charge in [0.15, 0.2) is 5.78 Å². The van der Waals surface area contributed by atoms with Crippen molar-refractivity contribution in [1.29, 1.82) is 0 Å². The Balaban J connectivity index is 1.68. The van der Waals surface area contributed by atoms with Gasteiger partial charge in [0.05, 0.1) is 17.6 Å². The zero-order valence-corrected chi connectivity index (χ0v) is 13.2. The van der Waals surface area contributed by atoms with Crippen LogP contribution in [0.4, 0.5) is 0 Å². The molecule has 1 aliphatic rings. The first-order valence-corrected chi connectivity index (χ1v) is 8.02. The van der Waals surface area contributed by atoms with Crippen molar-refractivity contribution >= 4 is 22.6 Å². The smallest absolute Gasteiger partial charge is 0.252 e. The van der Waals surface area contributed by atoms with Gasteiger partial charge >= 0.3 is 0 Å². The van der Waals surface area contributed by atoms with Gasteiger partial charge in [0.1, 0.15) is 0 Å². The number of ketones is 1. The zero-order chi connectivity index (χ0) is 16.2. The number of nitrogens with zero attached hydrogens (tertiary/aromatic N) is 1. The maximum absolute atomic E-state index is 12.4. The Morgan fingerprint density at radius 3 is 2.87 bits per heavy atom. The maximum atomic E-state index is 12.4. The molecule has 1 saturated carbocycles. The van der Waals surface area contributed by atoms with E-state index in [-0.39, 0.29) is 30.2 Å². The van der Waals surface area contributed by atoms with Crippen LogP contribution in [0.25, 0.3) is 10.9 Å². The number of amides is 1. The summed E-state index contributed by atoms with van der Waals surface area (Å²) in [6.45, 7) is 0.0817. The monoisotopic (exact) mass is 311 g/mol. The summed E-state index contributed by atoms with van der Waals surface area (Å²) in [5.41, 5.74) is 1.33. The van der Waals surface area contributed by atoms with Crippen molar-refractivity contribution in [2.75, 3.05) is 13.6 Å². The molecule has 0 spiro atoms. The van der Waals surface area contributed by atoms with Crippen LogP contribution in [0, 0.1) is 5.92 Å². The van der Waals surface area contributed by atoms with Crippen LogP contribution in [0.5, 0.6) is 0 Å². The quantitative estimate of drug-likeness (QED) is 0.885. The molecule has 2 aromatic rings. The molecule has 1 aromatic carbocycles. The molecule has 1 amide bonds. The summed E-state index contributed by atoms with van der Waals surface area (Å²) in [7, 11) is 1.89. The van der Waals surface area contributed by atoms with E-state index in [0.717, 1.165) is 30.2 Å². The van der Waals surface area contributed by atoms with E-state index < -0.39 is 0 Å². The molecule has 1 unspecified atom stereocenters. The minimum Gasteiger partial charge on any atom is -0.345 e. The van der Waals surface area contributed by atoms with E-state index in [0.29, 0.717) is 5.56 Å². The second-order valence-corrected chi connectivity index (χ2v) is 5.96. The van der Waals surface area contributed by atoms with Gasteiger partial charge < -0.3 is 10.6 Å². The molecule has 5 nitrogen and oxygen atoms in total. The number of aromatic nitrogens is 1. The number of pyridine rings is 1. The minimum atomic E-state index is -0.226. The maximum Gasteiger partial charge on any atom is 0.252 e. The number of Topliss-reactive ketones (excluding diaryl/α,β-unsaturated/α-hetero) is 1. The van der Waals surface area contributed by atoms with Crippen LogP contribution in [-0.2, 0) is 4.79 Å². The minimum absolute atomic E-state index is 0.00878. The van der Waals surface area contributed by atoms with Gasteiger partial charge in [-0.25, -0.2) is 0 Å². The molecule has 5 heteroatoms. The average Bonchev–Trinajstić information content (AvgIpc) is 3.07. The van der Waals surface area contributed by atoms with E-state index in [1.54, 1.807) is 12.3 Å². The molecule has 0 aliphatic heterocycles. The highest BCUT2D eigenvalue weighted by Crippen LogP contribution is 2.26. The molecule has 23 heavy (non-hydrogen) atoms. The van der Waals surface area contributed by atoms with E-state index in [1.165, 1.54) is 0 Å². The predicted octanol–water partition coefficient (Wildman–Crippen LogP) is 1.92. The Kier molecular flexibility index (Phi) is 4.67. The Hall–Kier alpha value is -2.27. The van der Waals surface area contributed by atoms with Gasteiger partial charge in [-0.3, -0.25) is 14.6 Å². The van der Waals surface area contributed by atoms with Crippen molar-refractivity contribution in [3.63, 3.8) is 0 Å². The third kappa shape index (κ3) is 3.24. The first-order valence-electron chi connectivity index (χ1n) is 8.02.